The molecule has 0 fully saturated rings. The van der Waals surface area contributed by atoms with Crippen LogP contribution >= 0.6 is 22.9 Å². The summed E-state index contributed by atoms with van der Waals surface area (Å²) in [6, 6.07) is 13.1. The molecule has 0 bridgehead atoms. The van der Waals surface area contributed by atoms with Crippen molar-refractivity contribution in [1.29, 1.82) is 0 Å². The van der Waals surface area contributed by atoms with E-state index in [1.54, 1.807) is 19.3 Å². The van der Waals surface area contributed by atoms with Gasteiger partial charge in [0, 0.05) is 24.0 Å². The fraction of sp³-hybridized carbons (Fsp3) is 0.227. The minimum absolute atomic E-state index is 0.0548. The molecule has 2 N–H and O–H groups in total. The lowest BCUT2D eigenvalue weighted by Crippen LogP contribution is -2.30. The molecule has 2 aromatic heterocycles. The summed E-state index contributed by atoms with van der Waals surface area (Å²) in [5.41, 5.74) is 2.59. The second-order valence-electron chi connectivity index (χ2n) is 6.48. The highest BCUT2D eigenvalue weighted by Crippen LogP contribution is 2.43. The van der Waals surface area contributed by atoms with Gasteiger partial charge in [-0.05, 0) is 31.0 Å². The van der Waals surface area contributed by atoms with Crippen molar-refractivity contribution in [3.05, 3.63) is 70.3 Å². The maximum atomic E-state index is 12.7. The highest BCUT2D eigenvalue weighted by molar-refractivity contribution is 7.21. The lowest BCUT2D eigenvalue weighted by molar-refractivity contribution is -0.115. The van der Waals surface area contributed by atoms with Crippen LogP contribution in [0.5, 0.6) is 0 Å². The molecule has 1 unspecified atom stereocenters. The van der Waals surface area contributed by atoms with Gasteiger partial charge in [-0.3, -0.25) is 9.78 Å². The number of carbonyl (C=O) groups excluding carboxylic acids is 2. The van der Waals surface area contributed by atoms with Crippen molar-refractivity contribution in [3.63, 3.8) is 0 Å². The number of esters is 1. The van der Waals surface area contributed by atoms with E-state index < -0.39 is 5.97 Å². The molecule has 1 aromatic carbocycles. The molecule has 30 heavy (non-hydrogen) atoms. The first kappa shape index (κ1) is 22.0. The van der Waals surface area contributed by atoms with Crippen molar-refractivity contribution in [2.45, 2.75) is 19.9 Å². The first-order chi connectivity index (χ1) is 14.5. The second kappa shape index (κ2) is 10.3. The maximum Gasteiger partial charge on any atom is 0.341 e. The number of amides is 1. The summed E-state index contributed by atoms with van der Waals surface area (Å²) in [7, 11) is 0. The summed E-state index contributed by atoms with van der Waals surface area (Å²) < 4.78 is 5.63. The van der Waals surface area contributed by atoms with Crippen LogP contribution in [0, 0.1) is 0 Å². The van der Waals surface area contributed by atoms with Gasteiger partial charge in [0.25, 0.3) is 0 Å². The van der Waals surface area contributed by atoms with E-state index in [-0.39, 0.29) is 30.7 Å². The van der Waals surface area contributed by atoms with Crippen LogP contribution in [0.3, 0.4) is 0 Å². The Morgan fingerprint density at radius 2 is 1.97 bits per heavy atom. The summed E-state index contributed by atoms with van der Waals surface area (Å²) in [6.07, 6.45) is 3.45. The quantitative estimate of drug-likeness (QED) is 0.482. The number of anilines is 1. The predicted octanol–water partition coefficient (Wildman–Crippen LogP) is 4.93. The van der Waals surface area contributed by atoms with Gasteiger partial charge in [-0.2, -0.15) is 0 Å². The molecule has 0 aliphatic heterocycles. The third-order valence-electron chi connectivity index (χ3n) is 4.41. The van der Waals surface area contributed by atoms with Crippen LogP contribution in [0.4, 0.5) is 5.00 Å². The third kappa shape index (κ3) is 5.24. The van der Waals surface area contributed by atoms with Gasteiger partial charge in [-0.15, -0.1) is 11.3 Å². The topological polar surface area (TPSA) is 80.3 Å². The number of carbonyl (C=O) groups is 2. The Morgan fingerprint density at radius 3 is 2.63 bits per heavy atom. The van der Waals surface area contributed by atoms with Crippen LogP contribution in [0.25, 0.3) is 11.1 Å². The zero-order valence-electron chi connectivity index (χ0n) is 16.6. The van der Waals surface area contributed by atoms with Gasteiger partial charge in [0.15, 0.2) is 0 Å². The molecule has 2 heterocycles. The molecule has 0 radical (unpaired) electrons. The van der Waals surface area contributed by atoms with Gasteiger partial charge in [-0.25, -0.2) is 4.79 Å². The van der Waals surface area contributed by atoms with E-state index in [1.807, 2.05) is 49.4 Å². The van der Waals surface area contributed by atoms with Gasteiger partial charge < -0.3 is 15.4 Å². The zero-order chi connectivity index (χ0) is 21.5. The van der Waals surface area contributed by atoms with Crippen molar-refractivity contribution in [1.82, 2.24) is 10.3 Å². The number of thiophene rings is 1. The Kier molecular flexibility index (Phi) is 7.57. The van der Waals surface area contributed by atoms with Gasteiger partial charge in [0.2, 0.25) is 5.91 Å². The lowest BCUT2D eigenvalue weighted by Gasteiger charge is -2.14. The van der Waals surface area contributed by atoms with Crippen LogP contribution in [0.15, 0.2) is 54.9 Å². The molecule has 0 saturated carbocycles. The Balaban J connectivity index is 1.79. The molecule has 0 aliphatic carbocycles. The highest BCUT2D eigenvalue weighted by Gasteiger charge is 2.26. The minimum atomic E-state index is -0.522. The molecule has 1 amide bonds. The van der Waals surface area contributed by atoms with Gasteiger partial charge >= 0.3 is 5.97 Å². The molecule has 156 valence electrons. The lowest BCUT2D eigenvalue weighted by atomic mass is 10.0. The SMILES string of the molecule is CCOC(=O)c1c(NC(=O)CNC(C)c2cccnc2)sc(Cl)c1-c1ccccc1. The van der Waals surface area contributed by atoms with Crippen molar-refractivity contribution in [2.75, 3.05) is 18.5 Å². The van der Waals surface area contributed by atoms with Gasteiger partial charge in [-0.1, -0.05) is 48.0 Å². The number of hydrogen-bond acceptors (Lipinski definition) is 6. The summed E-state index contributed by atoms with van der Waals surface area (Å²) in [5.74, 6) is -0.805. The van der Waals surface area contributed by atoms with E-state index in [0.29, 0.717) is 14.9 Å². The average Bonchev–Trinajstić information content (AvgIpc) is 3.09. The van der Waals surface area contributed by atoms with Crippen LogP contribution < -0.4 is 10.6 Å². The number of benzene rings is 1. The first-order valence-electron chi connectivity index (χ1n) is 9.49. The van der Waals surface area contributed by atoms with E-state index in [4.69, 9.17) is 16.3 Å². The Bertz CT molecular complexity index is 1010. The molecule has 0 saturated heterocycles. The van der Waals surface area contributed by atoms with E-state index in [1.165, 1.54) is 0 Å². The van der Waals surface area contributed by atoms with E-state index in [0.717, 1.165) is 22.5 Å². The van der Waals surface area contributed by atoms with Crippen molar-refractivity contribution >= 4 is 39.8 Å². The smallest absolute Gasteiger partial charge is 0.341 e. The molecular weight excluding hydrogens is 422 g/mol. The van der Waals surface area contributed by atoms with Crippen LogP contribution in [0.1, 0.15) is 35.8 Å². The number of aromatic nitrogens is 1. The number of ether oxygens (including phenoxy) is 1. The van der Waals surface area contributed by atoms with E-state index in [2.05, 4.69) is 15.6 Å². The van der Waals surface area contributed by atoms with Crippen molar-refractivity contribution < 1.29 is 14.3 Å². The van der Waals surface area contributed by atoms with E-state index >= 15 is 0 Å². The number of halogens is 1. The molecule has 0 aliphatic rings. The van der Waals surface area contributed by atoms with Gasteiger partial charge in [0.05, 0.1) is 13.2 Å². The number of rotatable bonds is 8. The van der Waals surface area contributed by atoms with Crippen LogP contribution in [-0.4, -0.2) is 30.0 Å². The third-order valence-corrected chi connectivity index (χ3v) is 5.73. The maximum absolute atomic E-state index is 12.7. The average molecular weight is 444 g/mol. The molecule has 6 nitrogen and oxygen atoms in total. The monoisotopic (exact) mass is 443 g/mol. The number of nitrogens with zero attached hydrogens (tertiary/aromatic N) is 1. The number of hydrogen-bond donors (Lipinski definition) is 2. The number of pyridine rings is 1. The molecular formula is C22H22ClN3O3S. The van der Waals surface area contributed by atoms with Crippen molar-refractivity contribution in [3.8, 4) is 11.1 Å². The fourth-order valence-corrected chi connectivity index (χ4v) is 4.31. The molecule has 8 heteroatoms. The number of nitrogens with one attached hydrogen (secondary N) is 2. The Morgan fingerprint density at radius 1 is 1.20 bits per heavy atom. The van der Waals surface area contributed by atoms with Crippen LogP contribution in [-0.2, 0) is 9.53 Å². The summed E-state index contributed by atoms with van der Waals surface area (Å²) in [6.45, 7) is 3.96. The molecule has 3 aromatic rings. The summed E-state index contributed by atoms with van der Waals surface area (Å²) in [5, 5.41) is 6.33. The van der Waals surface area contributed by atoms with Crippen molar-refractivity contribution in [2.24, 2.45) is 0 Å². The normalized spacial score (nSPS) is 11.7. The predicted molar refractivity (Wildman–Crippen MR) is 120 cm³/mol. The summed E-state index contributed by atoms with van der Waals surface area (Å²) >= 11 is 7.60. The molecule has 3 rings (SSSR count). The second-order valence-corrected chi connectivity index (χ2v) is 8.10. The minimum Gasteiger partial charge on any atom is -0.462 e. The van der Waals surface area contributed by atoms with E-state index in [9.17, 15) is 9.59 Å². The molecule has 0 spiro atoms. The standard InChI is InChI=1S/C22H22ClN3O3S/c1-3-29-22(28)19-18(15-8-5-4-6-9-15)20(23)30-21(19)26-17(27)13-25-14(2)16-10-7-11-24-12-16/h4-12,14,25H,3,13H2,1-2H3,(H,26,27). The zero-order valence-corrected chi connectivity index (χ0v) is 18.2. The molecule has 1 atom stereocenters. The first-order valence-corrected chi connectivity index (χ1v) is 10.7. The largest absolute Gasteiger partial charge is 0.462 e. The Labute approximate surface area is 184 Å². The van der Waals surface area contributed by atoms with Crippen LogP contribution in [0.2, 0.25) is 4.34 Å². The highest BCUT2D eigenvalue weighted by atomic mass is 35.5. The summed E-state index contributed by atoms with van der Waals surface area (Å²) in [4.78, 5) is 29.3. The Hall–Kier alpha value is -2.74. The van der Waals surface area contributed by atoms with Gasteiger partial charge in [0.1, 0.15) is 14.9 Å². The fourth-order valence-electron chi connectivity index (χ4n) is 2.92.